The molecule has 0 heterocycles. The predicted molar refractivity (Wildman–Crippen MR) is 75.7 cm³/mol. The van der Waals surface area contributed by atoms with Crippen LogP contribution < -0.4 is 10.1 Å². The Kier molecular flexibility index (Phi) is 5.81. The minimum absolute atomic E-state index is 0.0316. The Morgan fingerprint density at radius 1 is 1.50 bits per heavy atom. The van der Waals surface area contributed by atoms with E-state index in [0.717, 1.165) is 0 Å². The summed E-state index contributed by atoms with van der Waals surface area (Å²) in [5, 5.41) is 12.2. The van der Waals surface area contributed by atoms with Crippen LogP contribution in [0.1, 0.15) is 12.5 Å². The van der Waals surface area contributed by atoms with E-state index >= 15 is 0 Å². The van der Waals surface area contributed by atoms with Gasteiger partial charge in [-0.3, -0.25) is 4.79 Å². The molecule has 108 valence electrons. The van der Waals surface area contributed by atoms with E-state index in [2.05, 4.69) is 5.32 Å². The van der Waals surface area contributed by atoms with Gasteiger partial charge in [0.15, 0.2) is 0 Å². The molecule has 1 atom stereocenters. The number of halogens is 1. The Bertz CT molecular complexity index is 528. The maximum Gasteiger partial charge on any atom is 0.225 e. The van der Waals surface area contributed by atoms with E-state index in [1.807, 2.05) is 6.07 Å². The minimum atomic E-state index is -1.07. The van der Waals surface area contributed by atoms with Gasteiger partial charge < -0.3 is 14.8 Å². The number of carbonyl (C=O) groups is 1. The third-order valence-electron chi connectivity index (χ3n) is 2.73. The number of benzene rings is 1. The molecule has 1 aromatic rings. The van der Waals surface area contributed by atoms with Crippen molar-refractivity contribution in [3.63, 3.8) is 0 Å². The number of ether oxygens (including phenoxy) is 2. The fourth-order valence-electron chi connectivity index (χ4n) is 1.80. The third kappa shape index (κ3) is 4.12. The number of nitrogens with one attached hydrogen (secondary N) is 1. The molecule has 0 fully saturated rings. The van der Waals surface area contributed by atoms with Crippen molar-refractivity contribution in [1.29, 1.82) is 5.26 Å². The SMILES string of the molecule is COC[C@@](C)(C#N)NC(=O)Cc1c(Cl)cccc1OC. The van der Waals surface area contributed by atoms with E-state index in [-0.39, 0.29) is 18.9 Å². The Morgan fingerprint density at radius 3 is 2.75 bits per heavy atom. The maximum absolute atomic E-state index is 12.1. The van der Waals surface area contributed by atoms with E-state index < -0.39 is 5.54 Å². The lowest BCUT2D eigenvalue weighted by atomic mass is 10.0. The average molecular weight is 297 g/mol. The fourth-order valence-corrected chi connectivity index (χ4v) is 2.03. The van der Waals surface area contributed by atoms with Crippen LogP contribution in [0.5, 0.6) is 5.75 Å². The highest BCUT2D eigenvalue weighted by Crippen LogP contribution is 2.26. The summed E-state index contributed by atoms with van der Waals surface area (Å²) >= 11 is 6.07. The van der Waals surface area contributed by atoms with E-state index in [0.29, 0.717) is 16.3 Å². The first-order chi connectivity index (χ1) is 9.45. The second kappa shape index (κ2) is 7.13. The molecule has 0 saturated heterocycles. The standard InChI is InChI=1S/C14H17ClN2O3/c1-14(8-16,9-19-2)17-13(18)7-10-11(15)5-4-6-12(10)20-3/h4-6H,7,9H2,1-3H3,(H,17,18)/t14-/m1/s1. The monoisotopic (exact) mass is 296 g/mol. The molecular formula is C14H17ClN2O3. The van der Waals surface area contributed by atoms with Crippen LogP contribution in [-0.4, -0.2) is 32.3 Å². The molecule has 0 unspecified atom stereocenters. The van der Waals surface area contributed by atoms with Gasteiger partial charge in [-0.1, -0.05) is 17.7 Å². The molecule has 0 aromatic heterocycles. The zero-order chi connectivity index (χ0) is 15.2. The molecule has 0 aliphatic heterocycles. The summed E-state index contributed by atoms with van der Waals surface area (Å²) in [6.45, 7) is 1.70. The molecule has 6 heteroatoms. The van der Waals surface area contributed by atoms with Crippen LogP contribution in [0, 0.1) is 11.3 Å². The number of methoxy groups -OCH3 is 2. The van der Waals surface area contributed by atoms with Crippen LogP contribution >= 0.6 is 11.6 Å². The van der Waals surface area contributed by atoms with Crippen molar-refractivity contribution in [3.8, 4) is 11.8 Å². The van der Waals surface area contributed by atoms with Crippen LogP contribution in [-0.2, 0) is 16.0 Å². The summed E-state index contributed by atoms with van der Waals surface area (Å²) in [5.74, 6) is 0.218. The highest BCUT2D eigenvalue weighted by Gasteiger charge is 2.26. The molecule has 0 radical (unpaired) electrons. The summed E-state index contributed by atoms with van der Waals surface area (Å²) < 4.78 is 10.1. The van der Waals surface area contributed by atoms with Gasteiger partial charge in [-0.05, 0) is 19.1 Å². The molecule has 1 N–H and O–H groups in total. The Hall–Kier alpha value is -1.77. The van der Waals surface area contributed by atoms with Crippen LogP contribution in [0.4, 0.5) is 0 Å². The molecule has 1 rings (SSSR count). The van der Waals surface area contributed by atoms with Gasteiger partial charge in [-0.25, -0.2) is 0 Å². The van der Waals surface area contributed by atoms with Crippen molar-refractivity contribution in [2.24, 2.45) is 0 Å². The summed E-state index contributed by atoms with van der Waals surface area (Å²) in [5.41, 5.74) is -0.479. The van der Waals surface area contributed by atoms with Gasteiger partial charge in [0.1, 0.15) is 11.3 Å². The second-order valence-corrected chi connectivity index (χ2v) is 4.93. The molecule has 0 aliphatic rings. The first-order valence-electron chi connectivity index (χ1n) is 5.98. The van der Waals surface area contributed by atoms with Crippen LogP contribution in [0.2, 0.25) is 5.02 Å². The Balaban J connectivity index is 2.85. The zero-order valence-electron chi connectivity index (χ0n) is 11.7. The zero-order valence-corrected chi connectivity index (χ0v) is 12.5. The first-order valence-corrected chi connectivity index (χ1v) is 6.36. The maximum atomic E-state index is 12.1. The fraction of sp³-hybridized carbons (Fsp3) is 0.429. The molecular weight excluding hydrogens is 280 g/mol. The van der Waals surface area contributed by atoms with E-state index in [1.54, 1.807) is 25.1 Å². The molecule has 5 nitrogen and oxygen atoms in total. The molecule has 20 heavy (non-hydrogen) atoms. The molecule has 0 aliphatic carbocycles. The van der Waals surface area contributed by atoms with Crippen LogP contribution in [0.15, 0.2) is 18.2 Å². The predicted octanol–water partition coefficient (Wildman–Crippen LogP) is 1.94. The molecule has 0 saturated carbocycles. The van der Waals surface area contributed by atoms with Crippen LogP contribution in [0.25, 0.3) is 0 Å². The van der Waals surface area contributed by atoms with Crippen molar-refractivity contribution < 1.29 is 14.3 Å². The average Bonchev–Trinajstić information content (AvgIpc) is 2.41. The van der Waals surface area contributed by atoms with E-state index in [9.17, 15) is 4.79 Å². The summed E-state index contributed by atoms with van der Waals surface area (Å²) in [7, 11) is 2.98. The van der Waals surface area contributed by atoms with Gasteiger partial charge in [0.2, 0.25) is 5.91 Å². The molecule has 1 aromatic carbocycles. The normalized spacial score (nSPS) is 13.2. The van der Waals surface area contributed by atoms with Gasteiger partial charge in [0.25, 0.3) is 0 Å². The number of rotatable bonds is 6. The highest BCUT2D eigenvalue weighted by molar-refractivity contribution is 6.31. The van der Waals surface area contributed by atoms with E-state index in [1.165, 1.54) is 14.2 Å². The van der Waals surface area contributed by atoms with Gasteiger partial charge >= 0.3 is 0 Å². The van der Waals surface area contributed by atoms with E-state index in [4.69, 9.17) is 26.3 Å². The lowest BCUT2D eigenvalue weighted by Gasteiger charge is -2.22. The second-order valence-electron chi connectivity index (χ2n) is 4.52. The molecule has 0 spiro atoms. The van der Waals surface area contributed by atoms with Crippen molar-refractivity contribution in [3.05, 3.63) is 28.8 Å². The summed E-state index contributed by atoms with van der Waals surface area (Å²) in [4.78, 5) is 12.1. The van der Waals surface area contributed by atoms with Crippen molar-refractivity contribution in [1.82, 2.24) is 5.32 Å². The Labute approximate surface area is 123 Å². The number of nitriles is 1. The van der Waals surface area contributed by atoms with Gasteiger partial charge in [-0.15, -0.1) is 0 Å². The number of carbonyl (C=O) groups excluding carboxylic acids is 1. The number of hydrogen-bond donors (Lipinski definition) is 1. The number of nitrogens with zero attached hydrogens (tertiary/aromatic N) is 1. The third-order valence-corrected chi connectivity index (χ3v) is 3.08. The topological polar surface area (TPSA) is 71.3 Å². The molecule has 1 amide bonds. The number of hydrogen-bond acceptors (Lipinski definition) is 4. The first kappa shape index (κ1) is 16.3. The number of amides is 1. The highest BCUT2D eigenvalue weighted by atomic mass is 35.5. The summed E-state index contributed by atoms with van der Waals surface area (Å²) in [6.07, 6.45) is 0.0316. The lowest BCUT2D eigenvalue weighted by Crippen LogP contribution is -2.48. The lowest BCUT2D eigenvalue weighted by molar-refractivity contribution is -0.122. The smallest absolute Gasteiger partial charge is 0.225 e. The van der Waals surface area contributed by atoms with Crippen LogP contribution in [0.3, 0.4) is 0 Å². The van der Waals surface area contributed by atoms with Crippen molar-refractivity contribution in [2.45, 2.75) is 18.9 Å². The largest absolute Gasteiger partial charge is 0.496 e. The van der Waals surface area contributed by atoms with Gasteiger partial charge in [0.05, 0.1) is 26.2 Å². The Morgan fingerprint density at radius 2 is 2.20 bits per heavy atom. The summed E-state index contributed by atoms with van der Waals surface area (Å²) in [6, 6.07) is 7.18. The van der Waals surface area contributed by atoms with Gasteiger partial charge in [0, 0.05) is 17.7 Å². The van der Waals surface area contributed by atoms with Crippen molar-refractivity contribution >= 4 is 17.5 Å². The quantitative estimate of drug-likeness (QED) is 0.871. The van der Waals surface area contributed by atoms with Crippen molar-refractivity contribution in [2.75, 3.05) is 20.8 Å². The molecule has 0 bridgehead atoms. The van der Waals surface area contributed by atoms with Gasteiger partial charge in [-0.2, -0.15) is 5.26 Å². The minimum Gasteiger partial charge on any atom is -0.496 e.